The van der Waals surface area contributed by atoms with Crippen LogP contribution in [-0.2, 0) is 27.8 Å². The third-order valence-corrected chi connectivity index (χ3v) is 4.73. The van der Waals surface area contributed by atoms with Gasteiger partial charge in [0.1, 0.15) is 0 Å². The van der Waals surface area contributed by atoms with Crippen LogP contribution in [0.2, 0.25) is 0 Å². The first-order chi connectivity index (χ1) is 8.84. The van der Waals surface area contributed by atoms with E-state index in [4.69, 9.17) is 4.74 Å². The Hall–Kier alpha value is -0.950. The summed E-state index contributed by atoms with van der Waals surface area (Å²) in [6.45, 7) is 5.43. The van der Waals surface area contributed by atoms with Gasteiger partial charge in [0.25, 0.3) is 0 Å². The van der Waals surface area contributed by atoms with Crippen LogP contribution in [0.15, 0.2) is 23.1 Å². The molecule has 0 fully saturated rings. The standard InChI is InChI=1S/C13H20N2O3S/c1-13(2,9-18-3)15-19(16,17)12-5-4-10-7-14-8-11(10)6-12/h4-6,14-15H,7-9H2,1-3H3. The second-order valence-electron chi connectivity index (χ2n) is 5.46. The van der Waals surface area contributed by atoms with Gasteiger partial charge in [-0.05, 0) is 37.1 Å². The van der Waals surface area contributed by atoms with E-state index in [9.17, 15) is 8.42 Å². The molecule has 0 aromatic heterocycles. The normalized spacial score (nSPS) is 15.5. The summed E-state index contributed by atoms with van der Waals surface area (Å²) in [5, 5.41) is 3.20. The Kier molecular flexibility index (Phi) is 3.96. The highest BCUT2D eigenvalue weighted by Crippen LogP contribution is 2.21. The number of rotatable bonds is 5. The Morgan fingerprint density at radius 1 is 1.32 bits per heavy atom. The number of ether oxygens (including phenoxy) is 1. The van der Waals surface area contributed by atoms with Crippen molar-refractivity contribution in [1.29, 1.82) is 0 Å². The summed E-state index contributed by atoms with van der Waals surface area (Å²) >= 11 is 0. The van der Waals surface area contributed by atoms with Gasteiger partial charge in [-0.15, -0.1) is 0 Å². The molecule has 0 aliphatic carbocycles. The van der Waals surface area contributed by atoms with Crippen LogP contribution in [0.1, 0.15) is 25.0 Å². The molecule has 106 valence electrons. The van der Waals surface area contributed by atoms with E-state index in [1.165, 1.54) is 0 Å². The van der Waals surface area contributed by atoms with E-state index in [1.54, 1.807) is 33.1 Å². The molecule has 1 aliphatic rings. The lowest BCUT2D eigenvalue weighted by Crippen LogP contribution is -2.46. The van der Waals surface area contributed by atoms with Crippen molar-refractivity contribution in [3.63, 3.8) is 0 Å². The van der Waals surface area contributed by atoms with Gasteiger partial charge in [0.2, 0.25) is 10.0 Å². The molecule has 1 heterocycles. The fourth-order valence-corrected chi connectivity index (χ4v) is 3.70. The van der Waals surface area contributed by atoms with E-state index < -0.39 is 15.6 Å². The summed E-state index contributed by atoms with van der Waals surface area (Å²) in [7, 11) is -1.97. The van der Waals surface area contributed by atoms with Gasteiger partial charge in [-0.3, -0.25) is 0 Å². The van der Waals surface area contributed by atoms with Gasteiger partial charge < -0.3 is 10.1 Å². The topological polar surface area (TPSA) is 67.4 Å². The third-order valence-electron chi connectivity index (χ3n) is 3.03. The SMILES string of the molecule is COCC(C)(C)NS(=O)(=O)c1ccc2c(c1)CNC2. The largest absolute Gasteiger partial charge is 0.383 e. The van der Waals surface area contributed by atoms with Crippen molar-refractivity contribution in [2.75, 3.05) is 13.7 Å². The molecule has 19 heavy (non-hydrogen) atoms. The lowest BCUT2D eigenvalue weighted by Gasteiger charge is -2.25. The van der Waals surface area contributed by atoms with Crippen LogP contribution >= 0.6 is 0 Å². The third kappa shape index (κ3) is 3.33. The predicted molar refractivity (Wildman–Crippen MR) is 73.3 cm³/mol. The molecule has 0 amide bonds. The molecule has 0 unspecified atom stereocenters. The van der Waals surface area contributed by atoms with Crippen LogP contribution in [0.4, 0.5) is 0 Å². The Labute approximate surface area is 114 Å². The summed E-state index contributed by atoms with van der Waals surface area (Å²) in [5.74, 6) is 0. The van der Waals surface area contributed by atoms with Crippen molar-refractivity contribution < 1.29 is 13.2 Å². The van der Waals surface area contributed by atoms with Gasteiger partial charge in [0.05, 0.1) is 17.0 Å². The van der Waals surface area contributed by atoms with Crippen LogP contribution in [-0.4, -0.2) is 27.7 Å². The molecule has 0 atom stereocenters. The minimum atomic E-state index is -3.52. The molecule has 5 nitrogen and oxygen atoms in total. The minimum Gasteiger partial charge on any atom is -0.383 e. The average molecular weight is 284 g/mol. The van der Waals surface area contributed by atoms with Crippen LogP contribution in [0.25, 0.3) is 0 Å². The molecule has 2 rings (SSSR count). The van der Waals surface area contributed by atoms with E-state index in [0.29, 0.717) is 11.5 Å². The van der Waals surface area contributed by atoms with Crippen molar-refractivity contribution in [2.24, 2.45) is 0 Å². The second-order valence-corrected chi connectivity index (χ2v) is 7.14. The molecular weight excluding hydrogens is 264 g/mol. The Morgan fingerprint density at radius 3 is 2.68 bits per heavy atom. The lowest BCUT2D eigenvalue weighted by molar-refractivity contribution is 0.141. The van der Waals surface area contributed by atoms with Gasteiger partial charge in [-0.25, -0.2) is 13.1 Å². The summed E-state index contributed by atoms with van der Waals surface area (Å²) in [5.41, 5.74) is 1.58. The smallest absolute Gasteiger partial charge is 0.241 e. The highest BCUT2D eigenvalue weighted by atomic mass is 32.2. The first-order valence-electron chi connectivity index (χ1n) is 6.19. The number of hydrogen-bond donors (Lipinski definition) is 2. The Balaban J connectivity index is 2.25. The maximum Gasteiger partial charge on any atom is 0.241 e. The van der Waals surface area contributed by atoms with Crippen molar-refractivity contribution in [3.8, 4) is 0 Å². The molecule has 6 heteroatoms. The fourth-order valence-electron chi connectivity index (χ4n) is 2.25. The number of hydrogen-bond acceptors (Lipinski definition) is 4. The van der Waals surface area contributed by atoms with Gasteiger partial charge in [0.15, 0.2) is 0 Å². The maximum atomic E-state index is 12.3. The van der Waals surface area contributed by atoms with Crippen molar-refractivity contribution in [2.45, 2.75) is 37.4 Å². The molecule has 0 bridgehead atoms. The molecule has 1 aromatic carbocycles. The van der Waals surface area contributed by atoms with Crippen LogP contribution < -0.4 is 10.0 Å². The van der Waals surface area contributed by atoms with Crippen molar-refractivity contribution in [3.05, 3.63) is 29.3 Å². The highest BCUT2D eigenvalue weighted by molar-refractivity contribution is 7.89. The average Bonchev–Trinajstić information content (AvgIpc) is 2.73. The zero-order chi connectivity index (χ0) is 14.1. The van der Waals surface area contributed by atoms with Gasteiger partial charge in [0, 0.05) is 20.2 Å². The van der Waals surface area contributed by atoms with E-state index in [-0.39, 0.29) is 0 Å². The minimum absolute atomic E-state index is 0.305. The Morgan fingerprint density at radius 2 is 2.00 bits per heavy atom. The zero-order valence-electron chi connectivity index (χ0n) is 11.5. The summed E-state index contributed by atoms with van der Waals surface area (Å²) in [4.78, 5) is 0.305. The van der Waals surface area contributed by atoms with E-state index >= 15 is 0 Å². The van der Waals surface area contributed by atoms with E-state index in [0.717, 1.165) is 24.2 Å². The number of methoxy groups -OCH3 is 1. The lowest BCUT2D eigenvalue weighted by atomic mass is 10.1. The van der Waals surface area contributed by atoms with Crippen molar-refractivity contribution in [1.82, 2.24) is 10.0 Å². The van der Waals surface area contributed by atoms with Crippen LogP contribution in [0.5, 0.6) is 0 Å². The summed E-state index contributed by atoms with van der Waals surface area (Å²) in [6.07, 6.45) is 0. The second kappa shape index (κ2) is 5.20. The molecule has 0 saturated carbocycles. The Bertz CT molecular complexity index is 567. The number of fused-ring (bicyclic) bond motifs is 1. The molecule has 1 aromatic rings. The molecule has 0 saturated heterocycles. The van der Waals surface area contributed by atoms with Crippen molar-refractivity contribution >= 4 is 10.0 Å². The zero-order valence-corrected chi connectivity index (χ0v) is 12.3. The van der Waals surface area contributed by atoms with Gasteiger partial charge in [-0.1, -0.05) is 6.07 Å². The van der Waals surface area contributed by atoms with Gasteiger partial charge >= 0.3 is 0 Å². The quantitative estimate of drug-likeness (QED) is 0.846. The maximum absolute atomic E-state index is 12.3. The molecule has 0 radical (unpaired) electrons. The molecule has 2 N–H and O–H groups in total. The first-order valence-corrected chi connectivity index (χ1v) is 7.68. The van der Waals surface area contributed by atoms with E-state index in [1.807, 2.05) is 6.07 Å². The molecule has 1 aliphatic heterocycles. The fraction of sp³-hybridized carbons (Fsp3) is 0.538. The van der Waals surface area contributed by atoms with Crippen LogP contribution in [0.3, 0.4) is 0 Å². The van der Waals surface area contributed by atoms with E-state index in [2.05, 4.69) is 10.0 Å². The highest BCUT2D eigenvalue weighted by Gasteiger charge is 2.27. The van der Waals surface area contributed by atoms with Crippen LogP contribution in [0, 0.1) is 0 Å². The summed E-state index contributed by atoms with van der Waals surface area (Å²) in [6, 6.07) is 5.25. The number of nitrogens with one attached hydrogen (secondary N) is 2. The number of benzene rings is 1. The molecular formula is C13H20N2O3S. The summed E-state index contributed by atoms with van der Waals surface area (Å²) < 4.78 is 32.4. The predicted octanol–water partition coefficient (Wildman–Crippen LogP) is 0.993. The molecule has 0 spiro atoms. The van der Waals surface area contributed by atoms with Gasteiger partial charge in [-0.2, -0.15) is 0 Å². The number of sulfonamides is 1. The first kappa shape index (κ1) is 14.5. The monoisotopic (exact) mass is 284 g/mol.